The topological polar surface area (TPSA) is 25.2 Å². The van der Waals surface area contributed by atoms with E-state index in [1.54, 1.807) is 6.26 Å². The van der Waals surface area contributed by atoms with Crippen LogP contribution < -0.4 is 5.32 Å². The Morgan fingerprint density at radius 2 is 2.06 bits per heavy atom. The van der Waals surface area contributed by atoms with Gasteiger partial charge in [0.2, 0.25) is 0 Å². The first-order chi connectivity index (χ1) is 7.66. The van der Waals surface area contributed by atoms with Gasteiger partial charge in [0, 0.05) is 5.02 Å². The van der Waals surface area contributed by atoms with E-state index in [1.807, 2.05) is 31.2 Å². The molecule has 0 spiro atoms. The number of furan rings is 1. The van der Waals surface area contributed by atoms with Crippen LogP contribution in [0.5, 0.6) is 0 Å². The van der Waals surface area contributed by atoms with Crippen LogP contribution in [-0.2, 0) is 6.54 Å². The fraction of sp³-hybridized carbons (Fsp3) is 0.167. The van der Waals surface area contributed by atoms with E-state index in [-0.39, 0.29) is 0 Å². The lowest BCUT2D eigenvalue weighted by Gasteiger charge is -2.09. The van der Waals surface area contributed by atoms with Gasteiger partial charge < -0.3 is 9.73 Å². The molecule has 1 N–H and O–H groups in total. The average molecular weight is 256 g/mol. The van der Waals surface area contributed by atoms with E-state index in [2.05, 4.69) is 5.32 Å². The van der Waals surface area contributed by atoms with Crippen molar-refractivity contribution in [2.24, 2.45) is 0 Å². The van der Waals surface area contributed by atoms with Crippen LogP contribution in [0.25, 0.3) is 0 Å². The molecule has 4 heteroatoms. The lowest BCUT2D eigenvalue weighted by atomic mass is 10.2. The molecule has 0 saturated heterocycles. The van der Waals surface area contributed by atoms with E-state index in [4.69, 9.17) is 27.6 Å². The van der Waals surface area contributed by atoms with Crippen molar-refractivity contribution in [1.82, 2.24) is 0 Å². The standard InChI is InChI=1S/C12H11Cl2NO/c1-8-5-11(14)12(6-10(8)13)15-7-9-3-2-4-16-9/h2-6,15H,7H2,1H3. The number of hydrogen-bond donors (Lipinski definition) is 1. The number of rotatable bonds is 3. The Morgan fingerprint density at radius 3 is 2.75 bits per heavy atom. The number of benzene rings is 1. The van der Waals surface area contributed by atoms with E-state index in [0.717, 1.165) is 17.0 Å². The summed E-state index contributed by atoms with van der Waals surface area (Å²) in [7, 11) is 0. The van der Waals surface area contributed by atoms with Gasteiger partial charge in [0.15, 0.2) is 0 Å². The number of aryl methyl sites for hydroxylation is 1. The van der Waals surface area contributed by atoms with Crippen molar-refractivity contribution in [3.63, 3.8) is 0 Å². The Morgan fingerprint density at radius 1 is 1.25 bits per heavy atom. The molecule has 1 aromatic heterocycles. The molecule has 0 aliphatic carbocycles. The van der Waals surface area contributed by atoms with Gasteiger partial charge in [-0.05, 0) is 36.8 Å². The van der Waals surface area contributed by atoms with Crippen LogP contribution in [-0.4, -0.2) is 0 Å². The van der Waals surface area contributed by atoms with Gasteiger partial charge in [0.1, 0.15) is 5.76 Å². The molecule has 2 aromatic rings. The number of anilines is 1. The molecule has 1 heterocycles. The van der Waals surface area contributed by atoms with Gasteiger partial charge in [-0.15, -0.1) is 0 Å². The van der Waals surface area contributed by atoms with Gasteiger partial charge in [-0.1, -0.05) is 23.2 Å². The molecule has 0 fully saturated rings. The van der Waals surface area contributed by atoms with E-state index in [0.29, 0.717) is 16.6 Å². The van der Waals surface area contributed by atoms with Crippen LogP contribution in [0.4, 0.5) is 5.69 Å². The van der Waals surface area contributed by atoms with Crippen molar-refractivity contribution in [3.05, 3.63) is 51.9 Å². The van der Waals surface area contributed by atoms with E-state index in [9.17, 15) is 0 Å². The molecule has 0 saturated carbocycles. The molecule has 0 aliphatic rings. The summed E-state index contributed by atoms with van der Waals surface area (Å²) in [6.07, 6.45) is 1.64. The maximum Gasteiger partial charge on any atom is 0.122 e. The van der Waals surface area contributed by atoms with E-state index < -0.39 is 0 Å². The van der Waals surface area contributed by atoms with Gasteiger partial charge in [0.25, 0.3) is 0 Å². The van der Waals surface area contributed by atoms with Crippen molar-refractivity contribution >= 4 is 28.9 Å². The molecular formula is C12H11Cl2NO. The molecule has 0 bridgehead atoms. The minimum Gasteiger partial charge on any atom is -0.467 e. The molecule has 16 heavy (non-hydrogen) atoms. The van der Waals surface area contributed by atoms with Crippen LogP contribution in [0, 0.1) is 6.92 Å². The predicted octanol–water partition coefficient (Wildman–Crippen LogP) is 4.51. The minimum absolute atomic E-state index is 0.589. The smallest absolute Gasteiger partial charge is 0.122 e. The molecule has 0 radical (unpaired) electrons. The minimum atomic E-state index is 0.589. The monoisotopic (exact) mass is 255 g/mol. The fourth-order valence-electron chi connectivity index (χ4n) is 1.38. The second-order valence-corrected chi connectivity index (χ2v) is 4.33. The molecule has 2 rings (SSSR count). The Labute approximate surface area is 104 Å². The molecule has 0 unspecified atom stereocenters. The lowest BCUT2D eigenvalue weighted by molar-refractivity contribution is 0.518. The number of nitrogens with one attached hydrogen (secondary N) is 1. The Kier molecular flexibility index (Phi) is 3.42. The highest BCUT2D eigenvalue weighted by Gasteiger charge is 2.04. The predicted molar refractivity (Wildman–Crippen MR) is 67.2 cm³/mol. The zero-order chi connectivity index (χ0) is 11.5. The van der Waals surface area contributed by atoms with Gasteiger partial charge in [-0.3, -0.25) is 0 Å². The van der Waals surface area contributed by atoms with Crippen LogP contribution in [0.2, 0.25) is 10.0 Å². The van der Waals surface area contributed by atoms with Crippen molar-refractivity contribution < 1.29 is 4.42 Å². The average Bonchev–Trinajstić information content (AvgIpc) is 2.74. The zero-order valence-electron chi connectivity index (χ0n) is 8.76. The van der Waals surface area contributed by atoms with Crippen molar-refractivity contribution in [3.8, 4) is 0 Å². The van der Waals surface area contributed by atoms with Crippen LogP contribution >= 0.6 is 23.2 Å². The van der Waals surface area contributed by atoms with Crippen LogP contribution in [0.1, 0.15) is 11.3 Å². The molecule has 0 amide bonds. The summed E-state index contributed by atoms with van der Waals surface area (Å²) in [5.41, 5.74) is 1.78. The third kappa shape index (κ3) is 2.52. The van der Waals surface area contributed by atoms with Crippen LogP contribution in [0.15, 0.2) is 34.9 Å². The molecule has 2 nitrogen and oxygen atoms in total. The van der Waals surface area contributed by atoms with Crippen molar-refractivity contribution in [2.75, 3.05) is 5.32 Å². The highest BCUT2D eigenvalue weighted by molar-refractivity contribution is 6.35. The Bertz CT molecular complexity index is 480. The summed E-state index contributed by atoms with van der Waals surface area (Å²) in [5.74, 6) is 0.854. The summed E-state index contributed by atoms with van der Waals surface area (Å²) in [6, 6.07) is 7.41. The highest BCUT2D eigenvalue weighted by Crippen LogP contribution is 2.29. The largest absolute Gasteiger partial charge is 0.467 e. The molecule has 0 atom stereocenters. The number of halogens is 2. The molecule has 84 valence electrons. The normalized spacial score (nSPS) is 10.4. The Balaban J connectivity index is 2.12. The maximum absolute atomic E-state index is 6.09. The summed E-state index contributed by atoms with van der Waals surface area (Å²) in [5, 5.41) is 4.53. The van der Waals surface area contributed by atoms with Crippen molar-refractivity contribution in [2.45, 2.75) is 13.5 Å². The summed E-state index contributed by atoms with van der Waals surface area (Å²) in [4.78, 5) is 0. The number of hydrogen-bond acceptors (Lipinski definition) is 2. The van der Waals surface area contributed by atoms with Gasteiger partial charge in [-0.25, -0.2) is 0 Å². The third-order valence-electron chi connectivity index (χ3n) is 2.28. The van der Waals surface area contributed by atoms with E-state index in [1.165, 1.54) is 0 Å². The van der Waals surface area contributed by atoms with Crippen LogP contribution in [0.3, 0.4) is 0 Å². The second kappa shape index (κ2) is 4.81. The fourth-order valence-corrected chi connectivity index (χ4v) is 1.83. The SMILES string of the molecule is Cc1cc(Cl)c(NCc2ccco2)cc1Cl. The summed E-state index contributed by atoms with van der Waals surface area (Å²) < 4.78 is 5.21. The lowest BCUT2D eigenvalue weighted by Crippen LogP contribution is -1.99. The molecule has 1 aromatic carbocycles. The Hall–Kier alpha value is -1.12. The first-order valence-corrected chi connectivity index (χ1v) is 5.64. The van der Waals surface area contributed by atoms with Gasteiger partial charge >= 0.3 is 0 Å². The quantitative estimate of drug-likeness (QED) is 0.874. The van der Waals surface area contributed by atoms with Gasteiger partial charge in [0.05, 0.1) is 23.5 Å². The van der Waals surface area contributed by atoms with Gasteiger partial charge in [-0.2, -0.15) is 0 Å². The molecular weight excluding hydrogens is 245 g/mol. The third-order valence-corrected chi connectivity index (χ3v) is 3.00. The zero-order valence-corrected chi connectivity index (χ0v) is 10.3. The first-order valence-electron chi connectivity index (χ1n) is 4.88. The highest BCUT2D eigenvalue weighted by atomic mass is 35.5. The maximum atomic E-state index is 6.09. The summed E-state index contributed by atoms with van der Waals surface area (Å²) in [6.45, 7) is 2.51. The first kappa shape index (κ1) is 11.4. The second-order valence-electron chi connectivity index (χ2n) is 3.51. The molecule has 0 aliphatic heterocycles. The summed E-state index contributed by atoms with van der Waals surface area (Å²) >= 11 is 12.1. The van der Waals surface area contributed by atoms with E-state index >= 15 is 0 Å². The van der Waals surface area contributed by atoms with Crippen molar-refractivity contribution in [1.29, 1.82) is 0 Å².